The lowest BCUT2D eigenvalue weighted by Crippen LogP contribution is -2.20. The van der Waals surface area contributed by atoms with Crippen LogP contribution >= 0.6 is 11.5 Å². The lowest BCUT2D eigenvalue weighted by Gasteiger charge is -2.10. The molecule has 1 heterocycles. The fourth-order valence-electron chi connectivity index (χ4n) is 2.42. The summed E-state index contributed by atoms with van der Waals surface area (Å²) in [5.41, 5.74) is 2.75. The summed E-state index contributed by atoms with van der Waals surface area (Å²) in [4.78, 5) is 16.6. The first kappa shape index (κ1) is 20.0. The molecule has 7 nitrogen and oxygen atoms in total. The van der Waals surface area contributed by atoms with Crippen molar-refractivity contribution in [2.45, 2.75) is 18.7 Å². The highest BCUT2D eigenvalue weighted by Crippen LogP contribution is 2.23. The van der Waals surface area contributed by atoms with Crippen LogP contribution in [0.2, 0.25) is 0 Å². The average Bonchev–Trinajstić information content (AvgIpc) is 3.11. The molecule has 0 fully saturated rings. The molecule has 1 aromatic heterocycles. The molecule has 1 amide bonds. The molecular formula is C19H19N3O4S2. The SMILES string of the molecule is Cc1cccc(OCC(=O)Nc2nc(-c3ccc(S(C)(=O)=O)cc3)ns2)c1C. The zero-order valence-corrected chi connectivity index (χ0v) is 17.2. The maximum absolute atomic E-state index is 12.1. The predicted molar refractivity (Wildman–Crippen MR) is 108 cm³/mol. The van der Waals surface area contributed by atoms with Gasteiger partial charge in [-0.2, -0.15) is 9.36 Å². The minimum atomic E-state index is -3.26. The van der Waals surface area contributed by atoms with E-state index in [2.05, 4.69) is 14.7 Å². The summed E-state index contributed by atoms with van der Waals surface area (Å²) in [6, 6.07) is 11.9. The van der Waals surface area contributed by atoms with Crippen molar-refractivity contribution in [2.75, 3.05) is 18.2 Å². The molecule has 0 aliphatic rings. The van der Waals surface area contributed by atoms with Crippen molar-refractivity contribution >= 4 is 32.4 Å². The number of hydrogen-bond acceptors (Lipinski definition) is 7. The van der Waals surface area contributed by atoms with Crippen molar-refractivity contribution in [3.63, 3.8) is 0 Å². The highest BCUT2D eigenvalue weighted by atomic mass is 32.2. The van der Waals surface area contributed by atoms with Crippen molar-refractivity contribution in [2.24, 2.45) is 0 Å². The first-order chi connectivity index (χ1) is 13.2. The van der Waals surface area contributed by atoms with Crippen molar-refractivity contribution in [1.82, 2.24) is 9.36 Å². The molecule has 0 atom stereocenters. The monoisotopic (exact) mass is 417 g/mol. The lowest BCUT2D eigenvalue weighted by atomic mass is 10.1. The first-order valence-corrected chi connectivity index (χ1v) is 11.0. The number of rotatable bonds is 6. The van der Waals surface area contributed by atoms with E-state index in [0.717, 1.165) is 28.9 Å². The van der Waals surface area contributed by atoms with Crippen LogP contribution < -0.4 is 10.1 Å². The molecule has 0 aliphatic carbocycles. The number of nitrogens with zero attached hydrogens (tertiary/aromatic N) is 2. The van der Waals surface area contributed by atoms with E-state index in [4.69, 9.17) is 4.74 Å². The number of hydrogen-bond donors (Lipinski definition) is 1. The Morgan fingerprint density at radius 3 is 2.54 bits per heavy atom. The smallest absolute Gasteiger partial charge is 0.264 e. The molecule has 28 heavy (non-hydrogen) atoms. The molecule has 0 radical (unpaired) electrons. The molecule has 0 saturated heterocycles. The minimum absolute atomic E-state index is 0.137. The average molecular weight is 418 g/mol. The van der Waals surface area contributed by atoms with Gasteiger partial charge >= 0.3 is 0 Å². The third kappa shape index (κ3) is 4.73. The summed E-state index contributed by atoms with van der Waals surface area (Å²) in [6.45, 7) is 3.78. The molecule has 0 spiro atoms. The van der Waals surface area contributed by atoms with Crippen LogP contribution in [0.1, 0.15) is 11.1 Å². The number of aromatic nitrogens is 2. The maximum atomic E-state index is 12.1. The second-order valence-corrected chi connectivity index (χ2v) is 9.02. The highest BCUT2D eigenvalue weighted by Gasteiger charge is 2.12. The number of amides is 1. The third-order valence-electron chi connectivity index (χ3n) is 4.13. The third-order valence-corrected chi connectivity index (χ3v) is 5.89. The number of nitrogens with one attached hydrogen (secondary N) is 1. The standard InChI is InChI=1S/C19H19N3O4S2/c1-12-5-4-6-16(13(12)2)26-11-17(23)20-19-21-18(22-27-19)14-7-9-15(10-8-14)28(3,24)25/h4-10H,11H2,1-3H3,(H,20,21,22,23). The van der Waals surface area contributed by atoms with Crippen LogP contribution in [-0.4, -0.2) is 36.5 Å². The van der Waals surface area contributed by atoms with Gasteiger partial charge < -0.3 is 4.74 Å². The van der Waals surface area contributed by atoms with Gasteiger partial charge in [0.1, 0.15) is 5.75 Å². The molecule has 2 aromatic carbocycles. The number of carbonyl (C=O) groups excluding carboxylic acids is 1. The summed E-state index contributed by atoms with van der Waals surface area (Å²) in [5, 5.41) is 3.00. The van der Waals surface area contributed by atoms with Gasteiger partial charge in [-0.1, -0.05) is 12.1 Å². The molecule has 0 saturated carbocycles. The molecule has 3 rings (SSSR count). The van der Waals surface area contributed by atoms with Crippen molar-refractivity contribution in [3.8, 4) is 17.1 Å². The lowest BCUT2D eigenvalue weighted by molar-refractivity contribution is -0.118. The number of sulfone groups is 1. The number of anilines is 1. The van der Waals surface area contributed by atoms with E-state index in [9.17, 15) is 13.2 Å². The summed E-state index contributed by atoms with van der Waals surface area (Å²) < 4.78 is 32.8. The zero-order chi connectivity index (χ0) is 20.3. The van der Waals surface area contributed by atoms with E-state index < -0.39 is 9.84 Å². The summed E-state index contributed by atoms with van der Waals surface area (Å²) in [6.07, 6.45) is 1.15. The van der Waals surface area contributed by atoms with E-state index in [-0.39, 0.29) is 17.4 Å². The second kappa shape index (κ2) is 8.07. The number of benzene rings is 2. The quantitative estimate of drug-likeness (QED) is 0.661. The fraction of sp³-hybridized carbons (Fsp3) is 0.211. The van der Waals surface area contributed by atoms with E-state index >= 15 is 0 Å². The predicted octanol–water partition coefficient (Wildman–Crippen LogP) is 3.24. The zero-order valence-electron chi connectivity index (χ0n) is 15.6. The van der Waals surface area contributed by atoms with Crippen molar-refractivity contribution < 1.29 is 17.9 Å². The summed E-state index contributed by atoms with van der Waals surface area (Å²) in [7, 11) is -3.26. The van der Waals surface area contributed by atoms with Gasteiger partial charge in [0.25, 0.3) is 5.91 Å². The highest BCUT2D eigenvalue weighted by molar-refractivity contribution is 7.90. The Bertz CT molecular complexity index is 1110. The van der Waals surface area contributed by atoms with Gasteiger partial charge in [0.15, 0.2) is 22.3 Å². The molecular weight excluding hydrogens is 398 g/mol. The van der Waals surface area contributed by atoms with Gasteiger partial charge in [0, 0.05) is 23.4 Å². The van der Waals surface area contributed by atoms with E-state index in [0.29, 0.717) is 22.3 Å². The molecule has 3 aromatic rings. The fourth-order valence-corrected chi connectivity index (χ4v) is 3.66. The van der Waals surface area contributed by atoms with Gasteiger partial charge in [-0.05, 0) is 55.3 Å². The molecule has 0 bridgehead atoms. The van der Waals surface area contributed by atoms with Crippen LogP contribution in [-0.2, 0) is 14.6 Å². The molecule has 1 N–H and O–H groups in total. The maximum Gasteiger partial charge on any atom is 0.264 e. The number of aryl methyl sites for hydroxylation is 1. The topological polar surface area (TPSA) is 98.2 Å². The van der Waals surface area contributed by atoms with Gasteiger partial charge in [-0.15, -0.1) is 0 Å². The van der Waals surface area contributed by atoms with Crippen LogP contribution in [0.25, 0.3) is 11.4 Å². The van der Waals surface area contributed by atoms with Gasteiger partial charge in [0.2, 0.25) is 5.13 Å². The van der Waals surface area contributed by atoms with Crippen molar-refractivity contribution in [1.29, 1.82) is 0 Å². The Morgan fingerprint density at radius 2 is 1.86 bits per heavy atom. The van der Waals surface area contributed by atoms with E-state index in [1.807, 2.05) is 32.0 Å². The number of carbonyl (C=O) groups is 1. The van der Waals surface area contributed by atoms with Crippen LogP contribution in [0.5, 0.6) is 5.75 Å². The van der Waals surface area contributed by atoms with Crippen LogP contribution in [0.4, 0.5) is 5.13 Å². The van der Waals surface area contributed by atoms with Gasteiger partial charge in [-0.3, -0.25) is 10.1 Å². The first-order valence-electron chi connectivity index (χ1n) is 8.37. The molecule has 146 valence electrons. The summed E-state index contributed by atoms with van der Waals surface area (Å²) >= 11 is 1.04. The second-order valence-electron chi connectivity index (χ2n) is 6.25. The Hall–Kier alpha value is -2.78. The Morgan fingerprint density at radius 1 is 1.14 bits per heavy atom. The Labute approximate surface area is 167 Å². The Kier molecular flexibility index (Phi) is 5.76. The van der Waals surface area contributed by atoms with Gasteiger partial charge in [-0.25, -0.2) is 8.42 Å². The Balaban J connectivity index is 1.62. The van der Waals surface area contributed by atoms with Crippen LogP contribution in [0, 0.1) is 13.8 Å². The minimum Gasteiger partial charge on any atom is -0.483 e. The molecule has 0 unspecified atom stereocenters. The van der Waals surface area contributed by atoms with E-state index in [1.54, 1.807) is 12.1 Å². The van der Waals surface area contributed by atoms with E-state index in [1.165, 1.54) is 12.1 Å². The molecule has 9 heteroatoms. The van der Waals surface area contributed by atoms with Crippen molar-refractivity contribution in [3.05, 3.63) is 53.6 Å². The van der Waals surface area contributed by atoms with Crippen LogP contribution in [0.3, 0.4) is 0 Å². The number of ether oxygens (including phenoxy) is 1. The summed E-state index contributed by atoms with van der Waals surface area (Å²) in [5.74, 6) is 0.742. The van der Waals surface area contributed by atoms with Gasteiger partial charge in [0.05, 0.1) is 4.90 Å². The molecule has 0 aliphatic heterocycles. The van der Waals surface area contributed by atoms with Crippen LogP contribution in [0.15, 0.2) is 47.4 Å². The largest absolute Gasteiger partial charge is 0.483 e. The normalized spacial score (nSPS) is 11.2.